The summed E-state index contributed by atoms with van der Waals surface area (Å²) >= 11 is 0. The van der Waals surface area contributed by atoms with Gasteiger partial charge in [-0.1, -0.05) is 32.0 Å². The van der Waals surface area contributed by atoms with Gasteiger partial charge in [0.1, 0.15) is 0 Å². The van der Waals surface area contributed by atoms with E-state index < -0.39 is 22.0 Å². The van der Waals surface area contributed by atoms with Crippen LogP contribution in [0.1, 0.15) is 25.0 Å². The number of nitrogens with zero attached hydrogens (tertiary/aromatic N) is 1. The number of benzene rings is 1. The molecule has 1 heterocycles. The number of carbonyl (C=O) groups excluding carboxylic acids is 1. The fraction of sp³-hybridized carbons (Fsp3) is 0.588. The highest BCUT2D eigenvalue weighted by molar-refractivity contribution is 7.91. The van der Waals surface area contributed by atoms with Gasteiger partial charge in [0.25, 0.3) is 0 Å². The average Bonchev–Trinajstić information content (AvgIpc) is 2.79. The van der Waals surface area contributed by atoms with Gasteiger partial charge in [0.05, 0.1) is 30.2 Å². The van der Waals surface area contributed by atoms with Crippen LogP contribution in [0.2, 0.25) is 0 Å². The van der Waals surface area contributed by atoms with E-state index >= 15 is 0 Å². The van der Waals surface area contributed by atoms with Gasteiger partial charge in [-0.2, -0.15) is 0 Å². The summed E-state index contributed by atoms with van der Waals surface area (Å²) in [4.78, 5) is 14.2. The van der Waals surface area contributed by atoms with Crippen LogP contribution in [0.4, 0.5) is 5.69 Å². The number of carbonyl (C=O) groups is 1. The summed E-state index contributed by atoms with van der Waals surface area (Å²) < 4.78 is 23.4. The minimum Gasteiger partial charge on any atom is -0.390 e. The molecular weight excluding hydrogens is 328 g/mol. The molecule has 0 saturated carbocycles. The zero-order valence-corrected chi connectivity index (χ0v) is 15.3. The Kier molecular flexibility index (Phi) is 6.01. The van der Waals surface area contributed by atoms with Crippen molar-refractivity contribution in [1.29, 1.82) is 0 Å². The van der Waals surface area contributed by atoms with Crippen molar-refractivity contribution >= 4 is 21.4 Å². The summed E-state index contributed by atoms with van der Waals surface area (Å²) in [6.07, 6.45) is -0.124. The van der Waals surface area contributed by atoms with Crippen molar-refractivity contribution in [3.8, 4) is 0 Å². The van der Waals surface area contributed by atoms with E-state index in [4.69, 9.17) is 0 Å². The predicted octanol–water partition coefficient (Wildman–Crippen LogP) is 0.976. The standard InChI is InChI=1S/C17H26N2O4S/c1-4-13-8-6-7-12(3)17(13)18-16(21)9-19(5-2)14-10-24(22,23)11-15(14)20/h6-8,14-15,20H,4-5,9-11H2,1-3H3,(H,18,21). The number of sulfone groups is 1. The van der Waals surface area contributed by atoms with Crippen molar-refractivity contribution in [3.05, 3.63) is 29.3 Å². The first-order chi connectivity index (χ1) is 11.3. The number of aryl methyl sites for hydroxylation is 2. The summed E-state index contributed by atoms with van der Waals surface area (Å²) in [5, 5.41) is 12.9. The predicted molar refractivity (Wildman–Crippen MR) is 94.9 cm³/mol. The second-order valence-corrected chi connectivity index (χ2v) is 8.44. The SMILES string of the molecule is CCc1cccc(C)c1NC(=O)CN(CC)C1CS(=O)(=O)CC1O. The van der Waals surface area contributed by atoms with Gasteiger partial charge in [-0.25, -0.2) is 8.42 Å². The van der Waals surface area contributed by atoms with Crippen molar-refractivity contribution in [1.82, 2.24) is 4.90 Å². The molecule has 0 aromatic heterocycles. The van der Waals surface area contributed by atoms with Crippen molar-refractivity contribution in [2.24, 2.45) is 0 Å². The van der Waals surface area contributed by atoms with Crippen LogP contribution in [0.25, 0.3) is 0 Å². The fourth-order valence-corrected chi connectivity index (χ4v) is 5.02. The van der Waals surface area contributed by atoms with Crippen LogP contribution < -0.4 is 5.32 Å². The van der Waals surface area contributed by atoms with Crippen LogP contribution in [0.15, 0.2) is 18.2 Å². The van der Waals surface area contributed by atoms with E-state index in [0.29, 0.717) is 6.54 Å². The molecule has 2 N–H and O–H groups in total. The Morgan fingerprint density at radius 3 is 2.58 bits per heavy atom. The van der Waals surface area contributed by atoms with Gasteiger partial charge < -0.3 is 10.4 Å². The molecule has 0 bridgehead atoms. The Balaban J connectivity index is 2.08. The van der Waals surface area contributed by atoms with Crippen LogP contribution in [0.3, 0.4) is 0 Å². The van der Waals surface area contributed by atoms with E-state index in [1.165, 1.54) is 0 Å². The number of likely N-dealkylation sites (N-methyl/N-ethyl adjacent to an activating group) is 1. The Morgan fingerprint density at radius 1 is 1.33 bits per heavy atom. The summed E-state index contributed by atoms with van der Waals surface area (Å²) in [5.74, 6) is -0.523. The van der Waals surface area contributed by atoms with Crippen molar-refractivity contribution in [2.75, 3.05) is 29.9 Å². The van der Waals surface area contributed by atoms with Gasteiger partial charge in [0.15, 0.2) is 9.84 Å². The van der Waals surface area contributed by atoms with E-state index in [0.717, 1.165) is 23.2 Å². The number of amides is 1. The molecule has 0 aliphatic carbocycles. The molecule has 6 nitrogen and oxygen atoms in total. The van der Waals surface area contributed by atoms with E-state index in [1.807, 2.05) is 39.0 Å². The third kappa shape index (κ3) is 4.34. The molecule has 2 unspecified atom stereocenters. The highest BCUT2D eigenvalue weighted by atomic mass is 32.2. The molecule has 134 valence electrons. The van der Waals surface area contributed by atoms with Crippen molar-refractivity contribution < 1.29 is 18.3 Å². The molecule has 1 aliphatic rings. The largest absolute Gasteiger partial charge is 0.390 e. The molecule has 1 aromatic rings. The van der Waals surface area contributed by atoms with Crippen LogP contribution in [0.5, 0.6) is 0 Å². The Morgan fingerprint density at radius 2 is 2.04 bits per heavy atom. The van der Waals surface area contributed by atoms with Gasteiger partial charge in [-0.05, 0) is 31.0 Å². The first-order valence-corrected chi connectivity index (χ1v) is 10.1. The topological polar surface area (TPSA) is 86.7 Å². The lowest BCUT2D eigenvalue weighted by molar-refractivity contribution is -0.118. The van der Waals surface area contributed by atoms with Crippen LogP contribution in [-0.4, -0.2) is 61.1 Å². The lowest BCUT2D eigenvalue weighted by Gasteiger charge is -2.28. The molecule has 1 aromatic carbocycles. The number of aliphatic hydroxyl groups is 1. The smallest absolute Gasteiger partial charge is 0.238 e. The molecule has 0 spiro atoms. The molecule has 1 saturated heterocycles. The maximum absolute atomic E-state index is 12.4. The van der Waals surface area contributed by atoms with Crippen LogP contribution in [0, 0.1) is 6.92 Å². The van der Waals surface area contributed by atoms with E-state index in [2.05, 4.69) is 5.32 Å². The maximum Gasteiger partial charge on any atom is 0.238 e. The number of anilines is 1. The molecule has 1 amide bonds. The average molecular weight is 354 g/mol. The highest BCUT2D eigenvalue weighted by Crippen LogP contribution is 2.22. The Bertz CT molecular complexity index is 703. The normalized spacial score (nSPS) is 22.7. The van der Waals surface area contributed by atoms with Crippen molar-refractivity contribution in [2.45, 2.75) is 39.3 Å². The molecule has 2 atom stereocenters. The third-order valence-corrected chi connectivity index (χ3v) is 6.22. The Hall–Kier alpha value is -1.44. The fourth-order valence-electron chi connectivity index (χ4n) is 3.19. The first kappa shape index (κ1) is 18.9. The number of hydrogen-bond acceptors (Lipinski definition) is 5. The summed E-state index contributed by atoms with van der Waals surface area (Å²) in [7, 11) is -3.24. The molecule has 7 heteroatoms. The molecular formula is C17H26N2O4S. The summed E-state index contributed by atoms with van der Waals surface area (Å²) in [6, 6.07) is 5.36. The number of rotatable bonds is 6. The minimum absolute atomic E-state index is 0.0607. The second kappa shape index (κ2) is 7.63. The maximum atomic E-state index is 12.4. The van der Waals surface area contributed by atoms with Crippen LogP contribution in [-0.2, 0) is 21.1 Å². The highest BCUT2D eigenvalue weighted by Gasteiger charge is 2.39. The second-order valence-electron chi connectivity index (χ2n) is 6.29. The van der Waals surface area contributed by atoms with Gasteiger partial charge in [-0.3, -0.25) is 9.69 Å². The quantitative estimate of drug-likeness (QED) is 0.795. The molecule has 1 aliphatic heterocycles. The van der Waals surface area contributed by atoms with E-state index in [9.17, 15) is 18.3 Å². The van der Waals surface area contributed by atoms with Gasteiger partial charge in [0, 0.05) is 5.69 Å². The molecule has 24 heavy (non-hydrogen) atoms. The third-order valence-electron chi connectivity index (χ3n) is 4.52. The van der Waals surface area contributed by atoms with Crippen molar-refractivity contribution in [3.63, 3.8) is 0 Å². The zero-order chi connectivity index (χ0) is 17.9. The van der Waals surface area contributed by atoms with Crippen LogP contribution >= 0.6 is 0 Å². The summed E-state index contributed by atoms with van der Waals surface area (Å²) in [6.45, 7) is 6.39. The summed E-state index contributed by atoms with van der Waals surface area (Å²) in [5.41, 5.74) is 2.88. The Labute approximate surface area is 143 Å². The first-order valence-electron chi connectivity index (χ1n) is 8.28. The number of aliphatic hydroxyl groups excluding tert-OH is 1. The lowest BCUT2D eigenvalue weighted by Crippen LogP contribution is -2.46. The van der Waals surface area contributed by atoms with Gasteiger partial charge in [-0.15, -0.1) is 0 Å². The van der Waals surface area contributed by atoms with Gasteiger partial charge in [0.2, 0.25) is 5.91 Å². The number of para-hydroxylation sites is 1. The molecule has 1 fully saturated rings. The van der Waals surface area contributed by atoms with E-state index in [-0.39, 0.29) is 24.0 Å². The monoisotopic (exact) mass is 354 g/mol. The zero-order valence-electron chi connectivity index (χ0n) is 14.4. The van der Waals surface area contributed by atoms with E-state index in [1.54, 1.807) is 4.90 Å². The number of nitrogens with one attached hydrogen (secondary N) is 1. The lowest BCUT2D eigenvalue weighted by atomic mass is 10.1. The molecule has 0 radical (unpaired) electrons. The van der Waals surface area contributed by atoms with Gasteiger partial charge >= 0.3 is 0 Å². The molecule has 2 rings (SSSR count). The minimum atomic E-state index is -3.24. The number of hydrogen-bond donors (Lipinski definition) is 2.